The zero-order valence-corrected chi connectivity index (χ0v) is 19.8. The van der Waals surface area contributed by atoms with Gasteiger partial charge in [0.25, 0.3) is 0 Å². The molecule has 4 heterocycles. The third-order valence-corrected chi connectivity index (χ3v) is 6.43. The smallest absolute Gasteiger partial charge is 0.306 e. The number of nitrogens with two attached hydrogens (primary N) is 1. The average molecular weight is 488 g/mol. The van der Waals surface area contributed by atoms with Crippen LogP contribution in [0.2, 0.25) is 5.02 Å². The number of aromatic nitrogens is 2. The number of benzene rings is 1. The van der Waals surface area contributed by atoms with Gasteiger partial charge in [-0.1, -0.05) is 37.6 Å². The zero-order valence-electron chi connectivity index (χ0n) is 19.1. The Morgan fingerprint density at radius 1 is 1.24 bits per heavy atom. The third kappa shape index (κ3) is 4.02. The monoisotopic (exact) mass is 487 g/mol. The number of carbonyl (C=O) groups is 1. The summed E-state index contributed by atoms with van der Waals surface area (Å²) in [6.45, 7) is 5.87. The quantitative estimate of drug-likeness (QED) is 0.505. The highest BCUT2D eigenvalue weighted by molar-refractivity contribution is 6.30. The normalized spacial score (nSPS) is 28.5. The molecule has 1 aromatic carbocycles. The van der Waals surface area contributed by atoms with Gasteiger partial charge in [0.15, 0.2) is 17.7 Å². The number of furan rings is 1. The second-order valence-corrected chi connectivity index (χ2v) is 9.64. The molecule has 34 heavy (non-hydrogen) atoms. The minimum absolute atomic E-state index is 0.0336. The molecular formula is C24H26ClN3O6. The van der Waals surface area contributed by atoms with Gasteiger partial charge in [-0.05, 0) is 25.0 Å². The van der Waals surface area contributed by atoms with Crippen molar-refractivity contribution in [1.29, 1.82) is 0 Å². The van der Waals surface area contributed by atoms with Crippen molar-refractivity contribution in [2.24, 2.45) is 5.92 Å². The Morgan fingerprint density at radius 2 is 2.00 bits per heavy atom. The van der Waals surface area contributed by atoms with Crippen molar-refractivity contribution in [1.82, 2.24) is 9.97 Å². The van der Waals surface area contributed by atoms with Gasteiger partial charge >= 0.3 is 5.97 Å². The second kappa shape index (κ2) is 8.81. The molecule has 2 saturated heterocycles. The largest absolute Gasteiger partial charge is 0.463 e. The van der Waals surface area contributed by atoms with Gasteiger partial charge in [0, 0.05) is 22.6 Å². The van der Waals surface area contributed by atoms with Gasteiger partial charge in [0.05, 0.1) is 6.26 Å². The molecule has 0 saturated carbocycles. The molecule has 0 spiro atoms. The molecule has 5 atom stereocenters. The molecule has 10 heteroatoms. The molecule has 0 radical (unpaired) electrons. The molecule has 0 amide bonds. The van der Waals surface area contributed by atoms with E-state index in [9.17, 15) is 4.79 Å². The maximum absolute atomic E-state index is 12.2. The van der Waals surface area contributed by atoms with Gasteiger partial charge < -0.3 is 29.1 Å². The van der Waals surface area contributed by atoms with Crippen molar-refractivity contribution in [3.05, 3.63) is 53.0 Å². The fourth-order valence-electron chi connectivity index (χ4n) is 4.56. The van der Waals surface area contributed by atoms with E-state index in [1.165, 1.54) is 6.33 Å². The number of anilines is 1. The first-order valence-corrected chi connectivity index (χ1v) is 11.5. The van der Waals surface area contributed by atoms with E-state index in [0.717, 1.165) is 5.56 Å². The number of carbonyl (C=O) groups excluding carboxylic acids is 1. The maximum Gasteiger partial charge on any atom is 0.306 e. The molecular weight excluding hydrogens is 462 g/mol. The van der Waals surface area contributed by atoms with E-state index < -0.39 is 30.2 Å². The first-order valence-electron chi connectivity index (χ1n) is 11.1. The van der Waals surface area contributed by atoms with Crippen molar-refractivity contribution < 1.29 is 28.2 Å². The molecule has 2 aromatic heterocycles. The zero-order chi connectivity index (χ0) is 24.0. The Hall–Kier alpha value is -2.72. The SMILES string of the molecule is CC(C)CC(=O)OC[C@H]1O[C@@H](c2coc3c(N)ncnc23)[C@]2(C)OC(c3ccc(Cl)cc3)O[C@H]12. The van der Waals surface area contributed by atoms with E-state index in [0.29, 0.717) is 28.1 Å². The summed E-state index contributed by atoms with van der Waals surface area (Å²) in [4.78, 5) is 20.5. The summed E-state index contributed by atoms with van der Waals surface area (Å²) >= 11 is 6.05. The number of nitrogen functional groups attached to an aromatic ring is 1. The average Bonchev–Trinajstić information content (AvgIpc) is 3.43. The van der Waals surface area contributed by atoms with E-state index in [-0.39, 0.29) is 24.3 Å². The van der Waals surface area contributed by atoms with Gasteiger partial charge in [0.2, 0.25) is 0 Å². The lowest BCUT2D eigenvalue weighted by atomic mass is 9.89. The molecule has 0 aliphatic carbocycles. The summed E-state index contributed by atoms with van der Waals surface area (Å²) in [6, 6.07) is 7.27. The fraction of sp³-hybridized carbons (Fsp3) is 0.458. The lowest BCUT2D eigenvalue weighted by molar-refractivity contribution is -0.167. The van der Waals surface area contributed by atoms with Gasteiger partial charge in [-0.2, -0.15) is 0 Å². The predicted octanol–water partition coefficient (Wildman–Crippen LogP) is 4.36. The van der Waals surface area contributed by atoms with Crippen LogP contribution in [0, 0.1) is 5.92 Å². The molecule has 180 valence electrons. The first kappa shape index (κ1) is 23.0. The summed E-state index contributed by atoms with van der Waals surface area (Å²) in [5.41, 5.74) is 7.43. The van der Waals surface area contributed by atoms with E-state index in [2.05, 4.69) is 9.97 Å². The van der Waals surface area contributed by atoms with E-state index in [4.69, 9.17) is 40.7 Å². The highest BCUT2D eigenvalue weighted by Gasteiger charge is 2.62. The Balaban J connectivity index is 1.47. The topological polar surface area (TPSA) is 119 Å². The van der Waals surface area contributed by atoms with Crippen LogP contribution in [-0.2, 0) is 23.7 Å². The minimum atomic E-state index is -0.921. The van der Waals surface area contributed by atoms with Crippen molar-refractivity contribution in [3.63, 3.8) is 0 Å². The highest BCUT2D eigenvalue weighted by Crippen LogP contribution is 2.54. The van der Waals surface area contributed by atoms with Crippen LogP contribution < -0.4 is 5.73 Å². The fourth-order valence-corrected chi connectivity index (χ4v) is 4.68. The molecule has 5 rings (SSSR count). The molecule has 2 aliphatic rings. The van der Waals surface area contributed by atoms with Gasteiger partial charge in [0.1, 0.15) is 42.4 Å². The molecule has 2 aliphatic heterocycles. The van der Waals surface area contributed by atoms with Crippen LogP contribution in [0.4, 0.5) is 5.82 Å². The maximum atomic E-state index is 12.2. The summed E-state index contributed by atoms with van der Waals surface area (Å²) in [7, 11) is 0. The number of nitrogens with zero attached hydrogens (tertiary/aromatic N) is 2. The number of halogens is 1. The number of esters is 1. The van der Waals surface area contributed by atoms with Gasteiger partial charge in [-0.3, -0.25) is 4.79 Å². The summed E-state index contributed by atoms with van der Waals surface area (Å²) < 4.78 is 30.4. The van der Waals surface area contributed by atoms with Gasteiger partial charge in [-0.25, -0.2) is 9.97 Å². The Bertz CT molecular complexity index is 1200. The summed E-state index contributed by atoms with van der Waals surface area (Å²) in [6.07, 6.45) is 0.908. The van der Waals surface area contributed by atoms with Crippen molar-refractivity contribution >= 4 is 34.5 Å². The number of fused-ring (bicyclic) bond motifs is 2. The van der Waals surface area contributed by atoms with E-state index >= 15 is 0 Å². The van der Waals surface area contributed by atoms with Crippen LogP contribution in [0.5, 0.6) is 0 Å². The molecule has 1 unspecified atom stereocenters. The molecule has 3 aromatic rings. The Kier molecular flexibility index (Phi) is 5.97. The third-order valence-electron chi connectivity index (χ3n) is 6.18. The van der Waals surface area contributed by atoms with E-state index in [1.807, 2.05) is 32.9 Å². The van der Waals surface area contributed by atoms with Crippen LogP contribution >= 0.6 is 11.6 Å². The lowest BCUT2D eigenvalue weighted by Gasteiger charge is -2.27. The highest BCUT2D eigenvalue weighted by atomic mass is 35.5. The number of ether oxygens (including phenoxy) is 4. The first-order chi connectivity index (χ1) is 16.3. The molecule has 2 N–H and O–H groups in total. The molecule has 2 fully saturated rings. The summed E-state index contributed by atoms with van der Waals surface area (Å²) in [5.74, 6) is 0.140. The van der Waals surface area contributed by atoms with Crippen LogP contribution in [0.25, 0.3) is 11.1 Å². The predicted molar refractivity (Wildman–Crippen MR) is 123 cm³/mol. The van der Waals surface area contributed by atoms with Crippen LogP contribution in [0.1, 0.15) is 50.7 Å². The van der Waals surface area contributed by atoms with Crippen LogP contribution in [0.3, 0.4) is 0 Å². The van der Waals surface area contributed by atoms with E-state index in [1.54, 1.807) is 18.4 Å². The Morgan fingerprint density at radius 3 is 2.74 bits per heavy atom. The Labute approximate surface area is 201 Å². The number of hydrogen-bond acceptors (Lipinski definition) is 9. The van der Waals surface area contributed by atoms with Crippen molar-refractivity contribution in [2.45, 2.75) is 57.4 Å². The standard InChI is InChI=1S/C24H26ClN3O6/c1-12(2)8-17(29)30-10-16-21-24(3,34-23(33-21)13-4-6-14(25)7-5-13)20(32-16)15-9-31-19-18(15)27-11-28-22(19)26/h4-7,9,11-12,16,20-21,23H,8,10H2,1-3H3,(H2,26,27,28)/t16-,20+,21-,23?,24+/m1/s1. The van der Waals surface area contributed by atoms with Crippen molar-refractivity contribution in [2.75, 3.05) is 12.3 Å². The number of rotatable bonds is 6. The van der Waals surface area contributed by atoms with Gasteiger partial charge in [-0.15, -0.1) is 0 Å². The molecule has 0 bridgehead atoms. The second-order valence-electron chi connectivity index (χ2n) is 9.21. The molecule has 9 nitrogen and oxygen atoms in total. The van der Waals surface area contributed by atoms with Crippen LogP contribution in [0.15, 0.2) is 41.3 Å². The lowest BCUT2D eigenvalue weighted by Crippen LogP contribution is -2.41. The van der Waals surface area contributed by atoms with Crippen LogP contribution in [-0.4, -0.2) is 40.4 Å². The summed E-state index contributed by atoms with van der Waals surface area (Å²) in [5, 5.41) is 0.617. The van der Waals surface area contributed by atoms with Crippen molar-refractivity contribution in [3.8, 4) is 0 Å². The number of hydrogen-bond donors (Lipinski definition) is 1. The minimum Gasteiger partial charge on any atom is -0.463 e.